The summed E-state index contributed by atoms with van der Waals surface area (Å²) in [6.07, 6.45) is -2.56. The van der Waals surface area contributed by atoms with E-state index in [1.165, 1.54) is 19.3 Å². The summed E-state index contributed by atoms with van der Waals surface area (Å²) in [6, 6.07) is 0. The number of nitrogens with zero attached hydrogens (tertiary/aromatic N) is 5. The maximum absolute atomic E-state index is 13.0. The molecule has 210 valence electrons. The molecule has 0 radical (unpaired) electrons. The van der Waals surface area contributed by atoms with Crippen molar-refractivity contribution in [1.82, 2.24) is 25.1 Å². The van der Waals surface area contributed by atoms with Crippen molar-refractivity contribution in [2.45, 2.75) is 38.0 Å². The number of nitrogens with one attached hydrogen (secondary N) is 2. The number of rotatable bonds is 8. The van der Waals surface area contributed by atoms with E-state index in [1.54, 1.807) is 14.9 Å². The van der Waals surface area contributed by atoms with Crippen LogP contribution in [0.15, 0.2) is 23.4 Å². The molecule has 1 aliphatic carbocycles. The molecule has 10 nitrogen and oxygen atoms in total. The van der Waals surface area contributed by atoms with Crippen LogP contribution >= 0.6 is 0 Å². The highest BCUT2D eigenvalue weighted by molar-refractivity contribution is 5.76. The number of hydrogen-bond acceptors (Lipinski definition) is 8. The van der Waals surface area contributed by atoms with Crippen molar-refractivity contribution < 1.29 is 35.9 Å². The molecule has 2 N–H and O–H groups in total. The first-order chi connectivity index (χ1) is 18.0. The summed E-state index contributed by atoms with van der Waals surface area (Å²) in [4.78, 5) is 34.4. The van der Waals surface area contributed by atoms with Crippen LogP contribution in [0.1, 0.15) is 36.8 Å². The van der Waals surface area contributed by atoms with Crippen LogP contribution < -0.4 is 15.8 Å². The molecule has 1 aliphatic heterocycles. The Labute approximate surface area is 213 Å². The molecule has 2 aromatic heterocycles. The number of anilines is 2. The Hall–Kier alpha value is -3.43. The fourth-order valence-electron chi connectivity index (χ4n) is 3.28. The second-order valence-corrected chi connectivity index (χ2v) is 8.47. The van der Waals surface area contributed by atoms with Gasteiger partial charge in [-0.1, -0.05) is 19.3 Å². The van der Waals surface area contributed by atoms with E-state index >= 15 is 0 Å². The number of halogens is 6. The van der Waals surface area contributed by atoms with Crippen molar-refractivity contribution >= 4 is 17.5 Å². The maximum Gasteiger partial charge on any atom is 0.423 e. The number of aromatic nitrogens is 4. The van der Waals surface area contributed by atoms with Crippen LogP contribution in [0.3, 0.4) is 0 Å². The van der Waals surface area contributed by atoms with Gasteiger partial charge in [0.2, 0.25) is 11.9 Å². The molecular weight excluding hydrogens is 524 g/mol. The van der Waals surface area contributed by atoms with Gasteiger partial charge in [0, 0.05) is 45.1 Å². The van der Waals surface area contributed by atoms with Crippen LogP contribution in [0.25, 0.3) is 0 Å². The second-order valence-electron chi connectivity index (χ2n) is 8.47. The maximum atomic E-state index is 13.0. The quantitative estimate of drug-likeness (QED) is 0.380. The molecule has 38 heavy (non-hydrogen) atoms. The highest BCUT2D eigenvalue weighted by Crippen LogP contribution is 2.31. The fourth-order valence-corrected chi connectivity index (χ4v) is 3.28. The lowest BCUT2D eigenvalue weighted by atomic mass is 10.2. The summed E-state index contributed by atoms with van der Waals surface area (Å²) < 4.78 is 82.0. The Balaban J connectivity index is 0.00000124. The molecular formula is C22H27F6N7O3. The van der Waals surface area contributed by atoms with Gasteiger partial charge in [0.1, 0.15) is 5.56 Å². The van der Waals surface area contributed by atoms with Crippen LogP contribution in [-0.4, -0.2) is 76.9 Å². The predicted octanol–water partition coefficient (Wildman–Crippen LogP) is 2.94. The largest absolute Gasteiger partial charge is 0.423 e. The monoisotopic (exact) mass is 551 g/mol. The van der Waals surface area contributed by atoms with Crippen molar-refractivity contribution in [1.29, 1.82) is 0 Å². The van der Waals surface area contributed by atoms with Gasteiger partial charge in [-0.3, -0.25) is 9.59 Å². The van der Waals surface area contributed by atoms with Crippen molar-refractivity contribution in [2.24, 2.45) is 0 Å². The lowest BCUT2D eigenvalue weighted by molar-refractivity contribution is -0.139. The zero-order chi connectivity index (χ0) is 27.8. The van der Waals surface area contributed by atoms with E-state index < -0.39 is 34.7 Å². The van der Waals surface area contributed by atoms with E-state index in [4.69, 9.17) is 4.74 Å². The van der Waals surface area contributed by atoms with E-state index in [9.17, 15) is 35.9 Å². The number of carbonyl (C=O) groups is 1. The number of carbonyl (C=O) groups excluding carboxylic acids is 1. The Morgan fingerprint density at radius 3 is 2.13 bits per heavy atom. The molecule has 0 spiro atoms. The lowest BCUT2D eigenvalue weighted by Gasteiger charge is -2.34. The van der Waals surface area contributed by atoms with Gasteiger partial charge in [0.05, 0.1) is 37.1 Å². The second kappa shape index (κ2) is 12.9. The summed E-state index contributed by atoms with van der Waals surface area (Å²) in [5.41, 5.74) is -4.17. The SMILES string of the molecule is C1CC1.O=C(CCOCCNc1cn[nH]c(=O)c1C(F)(F)F)N1CCN(c2ncc(C(F)(F)F)cn2)CC1. The van der Waals surface area contributed by atoms with Crippen LogP contribution in [0.4, 0.5) is 38.0 Å². The number of piperazine rings is 1. The minimum absolute atomic E-state index is 0.0174. The Morgan fingerprint density at radius 2 is 1.58 bits per heavy atom. The molecule has 1 saturated carbocycles. The number of H-pyrrole nitrogens is 1. The van der Waals surface area contributed by atoms with Gasteiger partial charge < -0.3 is 19.9 Å². The van der Waals surface area contributed by atoms with Crippen molar-refractivity contribution in [3.63, 3.8) is 0 Å². The number of alkyl halides is 6. The number of amides is 1. The number of hydrogen-bond donors (Lipinski definition) is 2. The molecule has 2 fully saturated rings. The molecule has 2 aromatic rings. The van der Waals surface area contributed by atoms with E-state index in [-0.39, 0.29) is 38.0 Å². The molecule has 0 unspecified atom stereocenters. The molecule has 2 aliphatic rings. The summed E-state index contributed by atoms with van der Waals surface area (Å²) in [5, 5.41) is 7.51. The summed E-state index contributed by atoms with van der Waals surface area (Å²) >= 11 is 0. The van der Waals surface area contributed by atoms with Crippen LogP contribution in [0, 0.1) is 0 Å². The van der Waals surface area contributed by atoms with Gasteiger partial charge >= 0.3 is 12.4 Å². The van der Waals surface area contributed by atoms with E-state index in [2.05, 4.69) is 20.4 Å². The highest BCUT2D eigenvalue weighted by atomic mass is 19.4. The third-order valence-corrected chi connectivity index (χ3v) is 5.40. The smallest absolute Gasteiger partial charge is 0.381 e. The molecule has 1 saturated heterocycles. The first-order valence-corrected chi connectivity index (χ1v) is 11.9. The minimum Gasteiger partial charge on any atom is -0.381 e. The zero-order valence-electron chi connectivity index (χ0n) is 20.2. The molecule has 0 aromatic carbocycles. The van der Waals surface area contributed by atoms with E-state index in [0.29, 0.717) is 38.6 Å². The van der Waals surface area contributed by atoms with Gasteiger partial charge in [-0.15, -0.1) is 0 Å². The van der Waals surface area contributed by atoms with Crippen LogP contribution in [-0.2, 0) is 21.9 Å². The van der Waals surface area contributed by atoms with Crippen LogP contribution in [0.2, 0.25) is 0 Å². The molecule has 1 amide bonds. The third-order valence-electron chi connectivity index (χ3n) is 5.40. The number of aromatic amines is 1. The summed E-state index contributed by atoms with van der Waals surface area (Å²) in [6.45, 7) is 1.29. The minimum atomic E-state index is -4.85. The first-order valence-electron chi connectivity index (χ1n) is 11.9. The van der Waals surface area contributed by atoms with Crippen LogP contribution in [0.5, 0.6) is 0 Å². The van der Waals surface area contributed by atoms with E-state index in [0.717, 1.165) is 6.20 Å². The molecule has 0 bridgehead atoms. The third kappa shape index (κ3) is 8.85. The van der Waals surface area contributed by atoms with Crippen molar-refractivity contribution in [3.05, 3.63) is 40.1 Å². The Morgan fingerprint density at radius 1 is 0.947 bits per heavy atom. The molecule has 4 rings (SSSR count). The first kappa shape index (κ1) is 29.1. The van der Waals surface area contributed by atoms with Gasteiger partial charge in [-0.25, -0.2) is 15.1 Å². The standard InChI is InChI=1S/C19H21F6N7O3.C3H6/c20-18(21,22)12-9-27-17(28-10-12)32-5-3-31(4-6-32)14(33)1-7-35-8-2-26-13-11-29-30-16(34)15(13)19(23,24)25;1-2-3-1/h9-11H,1-8H2,(H2,26,30,34);1-3H2. The normalized spacial score (nSPS) is 15.5. The molecule has 0 atom stereocenters. The average molecular weight is 551 g/mol. The lowest BCUT2D eigenvalue weighted by Crippen LogP contribution is -2.49. The Kier molecular flexibility index (Phi) is 9.88. The fraction of sp³-hybridized carbons (Fsp3) is 0.591. The topological polar surface area (TPSA) is 116 Å². The highest BCUT2D eigenvalue weighted by Gasteiger charge is 2.37. The average Bonchev–Trinajstić information content (AvgIpc) is 3.75. The number of ether oxygens (including phenoxy) is 1. The Bertz CT molecular complexity index is 1100. The summed E-state index contributed by atoms with van der Waals surface area (Å²) in [7, 11) is 0. The predicted molar refractivity (Wildman–Crippen MR) is 123 cm³/mol. The summed E-state index contributed by atoms with van der Waals surface area (Å²) in [5.74, 6) is -0.0608. The molecule has 16 heteroatoms. The van der Waals surface area contributed by atoms with Gasteiger partial charge in [-0.05, 0) is 0 Å². The van der Waals surface area contributed by atoms with Gasteiger partial charge in [0.15, 0.2) is 0 Å². The van der Waals surface area contributed by atoms with E-state index in [1.807, 2.05) is 0 Å². The van der Waals surface area contributed by atoms with Gasteiger partial charge in [-0.2, -0.15) is 31.4 Å². The van der Waals surface area contributed by atoms with Gasteiger partial charge in [0.25, 0.3) is 5.56 Å². The zero-order valence-corrected chi connectivity index (χ0v) is 20.2. The molecule has 3 heterocycles. The van der Waals surface area contributed by atoms with Crippen molar-refractivity contribution in [2.75, 3.05) is 56.2 Å². The van der Waals surface area contributed by atoms with Crippen molar-refractivity contribution in [3.8, 4) is 0 Å².